The van der Waals surface area contributed by atoms with Gasteiger partial charge in [0.2, 0.25) is 5.91 Å². The number of carbonyl (C=O) groups excluding carboxylic acids is 1. The molecule has 2 fully saturated rings. The van der Waals surface area contributed by atoms with Gasteiger partial charge >= 0.3 is 0 Å². The molecule has 0 spiro atoms. The Morgan fingerprint density at radius 3 is 2.87 bits per heavy atom. The molecule has 30 heavy (non-hydrogen) atoms. The molecule has 2 atom stereocenters. The first-order valence-corrected chi connectivity index (χ1v) is 10.9. The predicted molar refractivity (Wildman–Crippen MR) is 117 cm³/mol. The normalized spacial score (nSPS) is 19.7. The van der Waals surface area contributed by atoms with Crippen molar-refractivity contribution in [2.45, 2.75) is 50.1 Å². The molecule has 4 N–H and O–H groups in total. The maximum absolute atomic E-state index is 13.0. The first kappa shape index (κ1) is 19.1. The molecular formula is C23H28N6O. The van der Waals surface area contributed by atoms with Crippen molar-refractivity contribution in [3.05, 3.63) is 53.6 Å². The van der Waals surface area contributed by atoms with E-state index in [1.54, 1.807) is 0 Å². The van der Waals surface area contributed by atoms with Crippen LogP contribution in [0.1, 0.15) is 54.7 Å². The van der Waals surface area contributed by atoms with Crippen LogP contribution in [0.2, 0.25) is 0 Å². The second kappa shape index (κ2) is 8.07. The molecule has 0 radical (unpaired) electrons. The minimum Gasteiger partial charge on any atom is -0.373 e. The van der Waals surface area contributed by atoms with E-state index in [1.165, 1.54) is 10.9 Å². The number of fused-ring (bicyclic) bond motifs is 1. The Kier molecular flexibility index (Phi) is 5.12. The molecule has 1 aliphatic carbocycles. The Hall–Kier alpha value is -2.93. The van der Waals surface area contributed by atoms with Crippen LogP contribution in [0.3, 0.4) is 0 Å². The fraction of sp³-hybridized carbons (Fsp3) is 0.435. The highest BCUT2D eigenvalue weighted by Crippen LogP contribution is 2.39. The number of benzene rings is 1. The molecule has 0 bridgehead atoms. The van der Waals surface area contributed by atoms with Gasteiger partial charge < -0.3 is 20.9 Å². The number of rotatable bonds is 7. The Labute approximate surface area is 176 Å². The standard InChI is InChI=1S/C23H28N6O/c1-24-21-12-20(27-22(29-21)14-8-9-14)19(28-23(30)18-7-4-10-25-18)11-15-13-26-17-6-3-2-5-16(15)17/h2-3,5-6,12-14,18-19,25-26H,4,7-11H2,1H3,(H,28,30)(H,24,27,29)/t18-,19+/m1/s1. The third-order valence-corrected chi connectivity index (χ3v) is 6.11. The van der Waals surface area contributed by atoms with Gasteiger partial charge in [0.1, 0.15) is 11.6 Å². The monoisotopic (exact) mass is 404 g/mol. The second-order valence-electron chi connectivity index (χ2n) is 8.33. The van der Waals surface area contributed by atoms with Crippen LogP contribution in [0.25, 0.3) is 10.9 Å². The van der Waals surface area contributed by atoms with Gasteiger partial charge in [0.05, 0.1) is 17.8 Å². The summed E-state index contributed by atoms with van der Waals surface area (Å²) < 4.78 is 0. The van der Waals surface area contributed by atoms with Crippen LogP contribution >= 0.6 is 0 Å². The van der Waals surface area contributed by atoms with E-state index in [2.05, 4.69) is 38.1 Å². The van der Waals surface area contributed by atoms with Gasteiger partial charge in [0, 0.05) is 42.6 Å². The molecule has 7 nitrogen and oxygen atoms in total. The van der Waals surface area contributed by atoms with Crippen LogP contribution in [0.15, 0.2) is 36.5 Å². The van der Waals surface area contributed by atoms with Crippen LogP contribution in [0.4, 0.5) is 5.82 Å². The molecule has 3 aromatic rings. The van der Waals surface area contributed by atoms with Crippen LogP contribution < -0.4 is 16.0 Å². The number of nitrogens with zero attached hydrogens (tertiary/aromatic N) is 2. The number of anilines is 1. The quantitative estimate of drug-likeness (QED) is 0.486. The summed E-state index contributed by atoms with van der Waals surface area (Å²) in [5.41, 5.74) is 3.15. The van der Waals surface area contributed by atoms with E-state index < -0.39 is 0 Å². The fourth-order valence-electron chi connectivity index (χ4n) is 4.25. The summed E-state index contributed by atoms with van der Waals surface area (Å²) >= 11 is 0. The molecule has 5 rings (SSSR count). The van der Waals surface area contributed by atoms with Crippen LogP contribution in [-0.2, 0) is 11.2 Å². The molecular weight excluding hydrogens is 376 g/mol. The van der Waals surface area contributed by atoms with E-state index in [-0.39, 0.29) is 18.0 Å². The highest BCUT2D eigenvalue weighted by molar-refractivity contribution is 5.84. The second-order valence-corrected chi connectivity index (χ2v) is 8.33. The number of nitrogens with one attached hydrogen (secondary N) is 4. The zero-order chi connectivity index (χ0) is 20.5. The lowest BCUT2D eigenvalue weighted by Gasteiger charge is -2.22. The number of aromatic nitrogens is 3. The number of hydrogen-bond donors (Lipinski definition) is 4. The number of carbonyl (C=O) groups is 1. The van der Waals surface area contributed by atoms with Crippen LogP contribution in [0.5, 0.6) is 0 Å². The number of H-pyrrole nitrogens is 1. The van der Waals surface area contributed by atoms with Crippen LogP contribution in [0, 0.1) is 0 Å². The van der Waals surface area contributed by atoms with Gasteiger partial charge in [0.25, 0.3) is 0 Å². The smallest absolute Gasteiger partial charge is 0.237 e. The Balaban J connectivity index is 1.49. The van der Waals surface area contributed by atoms with Gasteiger partial charge in [-0.1, -0.05) is 18.2 Å². The van der Waals surface area contributed by atoms with Gasteiger partial charge in [-0.05, 0) is 43.9 Å². The maximum Gasteiger partial charge on any atom is 0.237 e. The topological polar surface area (TPSA) is 94.7 Å². The van der Waals surface area contributed by atoms with E-state index >= 15 is 0 Å². The average Bonchev–Trinajstić information content (AvgIpc) is 3.33. The van der Waals surface area contributed by atoms with Gasteiger partial charge in [-0.3, -0.25) is 4.79 Å². The van der Waals surface area contributed by atoms with Crippen molar-refractivity contribution >= 4 is 22.6 Å². The minimum absolute atomic E-state index is 0.0509. The van der Waals surface area contributed by atoms with E-state index in [1.807, 2.05) is 31.4 Å². The Bertz CT molecular complexity index is 1050. The first-order chi connectivity index (χ1) is 14.7. The molecule has 1 aliphatic heterocycles. The van der Waals surface area contributed by atoms with Gasteiger partial charge in [-0.15, -0.1) is 0 Å². The summed E-state index contributed by atoms with van der Waals surface area (Å²) in [6, 6.07) is 9.89. The lowest BCUT2D eigenvalue weighted by Crippen LogP contribution is -2.42. The van der Waals surface area contributed by atoms with Gasteiger partial charge in [-0.25, -0.2) is 9.97 Å². The number of amides is 1. The molecule has 1 aromatic carbocycles. The number of para-hydroxylation sites is 1. The minimum atomic E-state index is -0.216. The van der Waals surface area contributed by atoms with Crippen molar-refractivity contribution in [3.63, 3.8) is 0 Å². The summed E-state index contributed by atoms with van der Waals surface area (Å²) in [5, 5.41) is 10.9. The zero-order valence-electron chi connectivity index (χ0n) is 17.2. The molecule has 1 amide bonds. The number of aromatic amines is 1. The van der Waals surface area contributed by atoms with Gasteiger partial charge in [0.15, 0.2) is 0 Å². The molecule has 1 saturated heterocycles. The summed E-state index contributed by atoms with van der Waals surface area (Å²) in [4.78, 5) is 25.8. The van der Waals surface area contributed by atoms with E-state index in [0.717, 1.165) is 55.1 Å². The van der Waals surface area contributed by atoms with Crippen molar-refractivity contribution < 1.29 is 4.79 Å². The third-order valence-electron chi connectivity index (χ3n) is 6.11. The highest BCUT2D eigenvalue weighted by Gasteiger charge is 2.30. The number of hydrogen-bond acceptors (Lipinski definition) is 5. The van der Waals surface area contributed by atoms with E-state index in [9.17, 15) is 4.79 Å². The third kappa shape index (κ3) is 3.89. The maximum atomic E-state index is 13.0. The lowest BCUT2D eigenvalue weighted by molar-refractivity contribution is -0.123. The molecule has 1 saturated carbocycles. The summed E-state index contributed by atoms with van der Waals surface area (Å²) in [5.74, 6) is 2.18. The summed E-state index contributed by atoms with van der Waals surface area (Å²) in [6.07, 6.45) is 6.90. The summed E-state index contributed by atoms with van der Waals surface area (Å²) in [6.45, 7) is 0.897. The Morgan fingerprint density at radius 1 is 1.23 bits per heavy atom. The molecule has 156 valence electrons. The Morgan fingerprint density at radius 2 is 2.10 bits per heavy atom. The van der Waals surface area contributed by atoms with E-state index in [4.69, 9.17) is 4.98 Å². The highest BCUT2D eigenvalue weighted by atomic mass is 16.2. The van der Waals surface area contributed by atoms with Crippen molar-refractivity contribution in [3.8, 4) is 0 Å². The SMILES string of the molecule is CNc1cc([C@H](Cc2c[nH]c3ccccc23)NC(=O)[C@H]2CCCN2)nc(C2CC2)n1. The van der Waals surface area contributed by atoms with Crippen molar-refractivity contribution in [1.82, 2.24) is 25.6 Å². The van der Waals surface area contributed by atoms with Crippen molar-refractivity contribution in [2.75, 3.05) is 18.9 Å². The molecule has 2 aliphatic rings. The largest absolute Gasteiger partial charge is 0.373 e. The lowest BCUT2D eigenvalue weighted by atomic mass is 10.0. The summed E-state index contributed by atoms with van der Waals surface area (Å²) in [7, 11) is 1.87. The molecule has 3 heterocycles. The molecule has 2 aromatic heterocycles. The van der Waals surface area contributed by atoms with Gasteiger partial charge in [-0.2, -0.15) is 0 Å². The predicted octanol–water partition coefficient (Wildman–Crippen LogP) is 3.03. The van der Waals surface area contributed by atoms with Crippen LogP contribution in [-0.4, -0.2) is 40.5 Å². The van der Waals surface area contributed by atoms with Crippen molar-refractivity contribution in [2.24, 2.45) is 0 Å². The molecule has 0 unspecified atom stereocenters. The molecule has 7 heteroatoms. The average molecular weight is 405 g/mol. The first-order valence-electron chi connectivity index (χ1n) is 10.9. The van der Waals surface area contributed by atoms with E-state index in [0.29, 0.717) is 12.3 Å². The fourth-order valence-corrected chi connectivity index (χ4v) is 4.25. The zero-order valence-corrected chi connectivity index (χ0v) is 17.2. The van der Waals surface area contributed by atoms with Crippen molar-refractivity contribution in [1.29, 1.82) is 0 Å².